The molecule has 1 rings (SSSR count). The summed E-state index contributed by atoms with van der Waals surface area (Å²) in [4.78, 5) is 0. The molecule has 0 bridgehead atoms. The Morgan fingerprint density at radius 2 is 1.40 bits per heavy atom. The summed E-state index contributed by atoms with van der Waals surface area (Å²) in [5, 5.41) is 0. The van der Waals surface area contributed by atoms with E-state index in [0.29, 0.717) is 6.54 Å². The number of hydrogen-bond donors (Lipinski definition) is 1. The third-order valence-corrected chi connectivity index (χ3v) is 3.79. The predicted molar refractivity (Wildman–Crippen MR) is 66.8 cm³/mol. The van der Waals surface area contributed by atoms with Crippen molar-refractivity contribution in [1.29, 1.82) is 0 Å². The number of rotatable bonds is 2. The lowest BCUT2D eigenvalue weighted by Gasteiger charge is -2.39. The summed E-state index contributed by atoms with van der Waals surface area (Å²) in [5.74, 6) is 0. The second-order valence-electron chi connectivity index (χ2n) is 5.78. The Labute approximate surface area is 93.7 Å². The molecule has 1 nitrogen and oxygen atoms in total. The van der Waals surface area contributed by atoms with Crippen molar-refractivity contribution in [2.75, 3.05) is 0 Å². The van der Waals surface area contributed by atoms with Gasteiger partial charge in [-0.2, -0.15) is 0 Å². The zero-order valence-corrected chi connectivity index (χ0v) is 10.6. The van der Waals surface area contributed by atoms with E-state index in [9.17, 15) is 0 Å². The lowest BCUT2D eigenvalue weighted by Crippen LogP contribution is -2.33. The van der Waals surface area contributed by atoms with Gasteiger partial charge in [-0.25, -0.2) is 0 Å². The van der Waals surface area contributed by atoms with Crippen molar-refractivity contribution in [2.45, 2.75) is 46.6 Å². The molecule has 0 aliphatic heterocycles. The molecular weight excluding hydrogens is 182 g/mol. The average molecular weight is 205 g/mol. The summed E-state index contributed by atoms with van der Waals surface area (Å²) >= 11 is 0. The van der Waals surface area contributed by atoms with Crippen LogP contribution in [0.2, 0.25) is 0 Å². The van der Waals surface area contributed by atoms with Gasteiger partial charge in [-0.05, 0) is 22.0 Å². The molecule has 0 unspecified atom stereocenters. The topological polar surface area (TPSA) is 26.0 Å². The largest absolute Gasteiger partial charge is 0.326 e. The number of nitrogens with two attached hydrogens (primary N) is 1. The molecule has 0 aliphatic carbocycles. The van der Waals surface area contributed by atoms with E-state index in [4.69, 9.17) is 5.73 Å². The summed E-state index contributed by atoms with van der Waals surface area (Å²) in [6.07, 6.45) is 0. The summed E-state index contributed by atoms with van der Waals surface area (Å²) in [6.45, 7) is 12.1. The lowest BCUT2D eigenvalue weighted by atomic mass is 9.65. The summed E-state index contributed by atoms with van der Waals surface area (Å²) in [5.41, 5.74) is 8.62. The highest BCUT2D eigenvalue weighted by Gasteiger charge is 2.33. The van der Waals surface area contributed by atoms with Crippen LogP contribution in [0.25, 0.3) is 0 Å². The second-order valence-corrected chi connectivity index (χ2v) is 5.78. The molecule has 0 fully saturated rings. The SMILES string of the molecule is CC(C)(C)C(C)(C)c1ccc(CN)cc1. The molecular formula is C14H23N. The molecule has 0 saturated heterocycles. The van der Waals surface area contributed by atoms with Crippen molar-refractivity contribution in [3.05, 3.63) is 35.4 Å². The molecule has 1 aromatic rings. The smallest absolute Gasteiger partial charge is 0.0178 e. The van der Waals surface area contributed by atoms with Crippen LogP contribution in [0.15, 0.2) is 24.3 Å². The zero-order valence-electron chi connectivity index (χ0n) is 10.6. The fourth-order valence-electron chi connectivity index (χ4n) is 1.49. The van der Waals surface area contributed by atoms with Crippen LogP contribution in [0.4, 0.5) is 0 Å². The Morgan fingerprint density at radius 3 is 1.73 bits per heavy atom. The van der Waals surface area contributed by atoms with Crippen LogP contribution in [0.1, 0.15) is 45.7 Å². The summed E-state index contributed by atoms with van der Waals surface area (Å²) in [6, 6.07) is 8.66. The molecule has 84 valence electrons. The maximum Gasteiger partial charge on any atom is 0.0178 e. The van der Waals surface area contributed by atoms with Gasteiger partial charge in [-0.3, -0.25) is 0 Å². The molecule has 0 heterocycles. The number of benzene rings is 1. The Bertz CT molecular complexity index is 314. The highest BCUT2D eigenvalue weighted by Crippen LogP contribution is 2.40. The highest BCUT2D eigenvalue weighted by molar-refractivity contribution is 5.29. The lowest BCUT2D eigenvalue weighted by molar-refractivity contribution is 0.225. The van der Waals surface area contributed by atoms with Crippen molar-refractivity contribution in [3.8, 4) is 0 Å². The molecule has 0 atom stereocenters. The average Bonchev–Trinajstić information content (AvgIpc) is 2.16. The van der Waals surface area contributed by atoms with Crippen LogP contribution in [0, 0.1) is 5.41 Å². The van der Waals surface area contributed by atoms with Gasteiger partial charge in [-0.1, -0.05) is 58.9 Å². The van der Waals surface area contributed by atoms with Gasteiger partial charge in [-0.15, -0.1) is 0 Å². The van der Waals surface area contributed by atoms with Crippen LogP contribution in [-0.2, 0) is 12.0 Å². The molecule has 0 aliphatic rings. The van der Waals surface area contributed by atoms with Gasteiger partial charge >= 0.3 is 0 Å². The molecule has 0 saturated carbocycles. The maximum absolute atomic E-state index is 5.59. The van der Waals surface area contributed by atoms with E-state index < -0.39 is 0 Å². The summed E-state index contributed by atoms with van der Waals surface area (Å²) in [7, 11) is 0. The van der Waals surface area contributed by atoms with Gasteiger partial charge in [0, 0.05) is 6.54 Å². The van der Waals surface area contributed by atoms with Crippen molar-refractivity contribution in [1.82, 2.24) is 0 Å². The van der Waals surface area contributed by atoms with E-state index in [0.717, 1.165) is 0 Å². The van der Waals surface area contributed by atoms with Gasteiger partial charge < -0.3 is 5.73 Å². The van der Waals surface area contributed by atoms with Crippen LogP contribution < -0.4 is 5.73 Å². The Hall–Kier alpha value is -0.820. The van der Waals surface area contributed by atoms with Gasteiger partial charge in [0.15, 0.2) is 0 Å². The molecule has 0 aromatic heterocycles. The minimum atomic E-state index is 0.181. The Morgan fingerprint density at radius 1 is 0.933 bits per heavy atom. The molecule has 15 heavy (non-hydrogen) atoms. The van der Waals surface area contributed by atoms with Crippen LogP contribution in [0.5, 0.6) is 0 Å². The molecule has 0 amide bonds. The minimum Gasteiger partial charge on any atom is -0.326 e. The van der Waals surface area contributed by atoms with Crippen LogP contribution >= 0.6 is 0 Å². The monoisotopic (exact) mass is 205 g/mol. The van der Waals surface area contributed by atoms with Crippen LogP contribution in [0.3, 0.4) is 0 Å². The minimum absolute atomic E-state index is 0.181. The van der Waals surface area contributed by atoms with Crippen LogP contribution in [-0.4, -0.2) is 0 Å². The predicted octanol–water partition coefficient (Wildman–Crippen LogP) is 3.47. The van der Waals surface area contributed by atoms with Gasteiger partial charge in [0.2, 0.25) is 0 Å². The molecule has 2 N–H and O–H groups in total. The molecule has 0 spiro atoms. The molecule has 1 aromatic carbocycles. The standard InChI is InChI=1S/C14H23N/c1-13(2,3)14(4,5)12-8-6-11(10-15)7-9-12/h6-9H,10,15H2,1-5H3. The summed E-state index contributed by atoms with van der Waals surface area (Å²) < 4.78 is 0. The molecule has 0 radical (unpaired) electrons. The van der Waals surface area contributed by atoms with E-state index in [2.05, 4.69) is 58.9 Å². The first kappa shape index (κ1) is 12.3. The quantitative estimate of drug-likeness (QED) is 0.786. The fourth-order valence-corrected chi connectivity index (χ4v) is 1.49. The first-order valence-corrected chi connectivity index (χ1v) is 5.58. The second kappa shape index (κ2) is 3.97. The molecule has 1 heteroatoms. The number of hydrogen-bond acceptors (Lipinski definition) is 1. The van der Waals surface area contributed by atoms with E-state index in [1.54, 1.807) is 0 Å². The third kappa shape index (κ3) is 2.40. The van der Waals surface area contributed by atoms with Gasteiger partial charge in [0.25, 0.3) is 0 Å². The van der Waals surface area contributed by atoms with E-state index >= 15 is 0 Å². The van der Waals surface area contributed by atoms with Crippen molar-refractivity contribution in [3.63, 3.8) is 0 Å². The zero-order chi connectivity index (χ0) is 11.7. The first-order chi connectivity index (χ1) is 6.79. The maximum atomic E-state index is 5.59. The van der Waals surface area contributed by atoms with E-state index in [1.807, 2.05) is 0 Å². The van der Waals surface area contributed by atoms with Gasteiger partial charge in [0.1, 0.15) is 0 Å². The van der Waals surface area contributed by atoms with Crippen molar-refractivity contribution < 1.29 is 0 Å². The highest BCUT2D eigenvalue weighted by atomic mass is 14.5. The van der Waals surface area contributed by atoms with Crippen molar-refractivity contribution in [2.24, 2.45) is 11.1 Å². The normalized spacial score (nSPS) is 12.9. The van der Waals surface area contributed by atoms with E-state index in [-0.39, 0.29) is 10.8 Å². The van der Waals surface area contributed by atoms with E-state index in [1.165, 1.54) is 11.1 Å². The first-order valence-electron chi connectivity index (χ1n) is 5.58. The Balaban J connectivity index is 3.06. The Kier molecular flexibility index (Phi) is 3.25. The van der Waals surface area contributed by atoms with Crippen molar-refractivity contribution >= 4 is 0 Å². The van der Waals surface area contributed by atoms with Gasteiger partial charge in [0.05, 0.1) is 0 Å². The third-order valence-electron chi connectivity index (χ3n) is 3.79. The fraction of sp³-hybridized carbons (Fsp3) is 0.571.